The van der Waals surface area contributed by atoms with E-state index in [1.807, 2.05) is 46.2 Å². The first kappa shape index (κ1) is 22.5. The molecule has 2 fully saturated rings. The molecule has 1 saturated heterocycles. The molecule has 0 bridgehead atoms. The Bertz CT molecular complexity index is 1300. The van der Waals surface area contributed by atoms with Gasteiger partial charge in [0.05, 0.1) is 17.6 Å². The van der Waals surface area contributed by atoms with Crippen molar-refractivity contribution >= 4 is 29.3 Å². The molecular formula is C26H28ClN5O2. The van der Waals surface area contributed by atoms with E-state index in [0.29, 0.717) is 43.6 Å². The maximum atomic E-state index is 12.8. The number of amides is 1. The summed E-state index contributed by atoms with van der Waals surface area (Å²) in [5.41, 5.74) is 4.50. The third-order valence-electron chi connectivity index (χ3n) is 6.67. The zero-order chi connectivity index (χ0) is 23.8. The van der Waals surface area contributed by atoms with E-state index in [0.717, 1.165) is 5.56 Å². The lowest BCUT2D eigenvalue weighted by molar-refractivity contribution is -0.126. The molecule has 0 atom stereocenters. The van der Waals surface area contributed by atoms with Crippen LogP contribution in [0.15, 0.2) is 53.5 Å². The van der Waals surface area contributed by atoms with Crippen molar-refractivity contribution in [2.75, 3.05) is 31.1 Å². The predicted molar refractivity (Wildman–Crippen MR) is 135 cm³/mol. The Labute approximate surface area is 203 Å². The molecule has 7 nitrogen and oxygen atoms in total. The molecule has 2 aromatic heterocycles. The van der Waals surface area contributed by atoms with Crippen LogP contribution in [0, 0.1) is 13.8 Å². The largest absolute Gasteiger partial charge is 0.365 e. The number of piperazine rings is 1. The number of aryl methyl sites for hydroxylation is 1. The maximum Gasteiger partial charge on any atom is 0.292 e. The normalized spacial score (nSPS) is 16.4. The summed E-state index contributed by atoms with van der Waals surface area (Å²) in [7, 11) is 0. The highest BCUT2D eigenvalue weighted by atomic mass is 35.5. The summed E-state index contributed by atoms with van der Waals surface area (Å²) in [5.74, 6) is -0.000378. The van der Waals surface area contributed by atoms with E-state index in [1.54, 1.807) is 12.3 Å². The fraction of sp³-hybridized carbons (Fsp3) is 0.346. The topological polar surface area (TPSA) is 63.4 Å². The van der Waals surface area contributed by atoms with Crippen LogP contribution in [0.5, 0.6) is 0 Å². The van der Waals surface area contributed by atoms with Crippen LogP contribution in [0.2, 0.25) is 5.02 Å². The van der Waals surface area contributed by atoms with E-state index in [1.165, 1.54) is 28.9 Å². The average Bonchev–Trinajstić information content (AvgIpc) is 3.64. The van der Waals surface area contributed by atoms with Gasteiger partial charge in [0.1, 0.15) is 5.02 Å². The highest BCUT2D eigenvalue weighted by Crippen LogP contribution is 2.38. The molecule has 0 spiro atoms. The van der Waals surface area contributed by atoms with E-state index in [2.05, 4.69) is 29.6 Å². The Morgan fingerprint density at radius 3 is 2.47 bits per heavy atom. The Hall–Kier alpha value is -3.32. The number of carbonyl (C=O) groups is 1. The Morgan fingerprint density at radius 2 is 1.79 bits per heavy atom. The average molecular weight is 478 g/mol. The van der Waals surface area contributed by atoms with Gasteiger partial charge in [0.25, 0.3) is 5.56 Å². The van der Waals surface area contributed by atoms with Gasteiger partial charge in [-0.05, 0) is 56.5 Å². The Balaban J connectivity index is 1.24. The molecule has 34 heavy (non-hydrogen) atoms. The van der Waals surface area contributed by atoms with Gasteiger partial charge < -0.3 is 14.4 Å². The predicted octanol–water partition coefficient (Wildman–Crippen LogP) is 4.00. The van der Waals surface area contributed by atoms with Crippen molar-refractivity contribution in [3.63, 3.8) is 0 Å². The van der Waals surface area contributed by atoms with E-state index < -0.39 is 0 Å². The minimum Gasteiger partial charge on any atom is -0.365 e. The molecular weight excluding hydrogens is 450 g/mol. The molecule has 5 rings (SSSR count). The molecule has 1 saturated carbocycles. The van der Waals surface area contributed by atoms with Gasteiger partial charge in [-0.3, -0.25) is 9.59 Å². The summed E-state index contributed by atoms with van der Waals surface area (Å²) < 4.78 is 3.68. The third kappa shape index (κ3) is 4.28. The van der Waals surface area contributed by atoms with Crippen molar-refractivity contribution < 1.29 is 4.79 Å². The number of para-hydroxylation sites is 1. The van der Waals surface area contributed by atoms with Crippen LogP contribution in [-0.4, -0.2) is 51.3 Å². The first-order valence-electron chi connectivity index (χ1n) is 11.7. The van der Waals surface area contributed by atoms with Crippen molar-refractivity contribution in [1.29, 1.82) is 0 Å². The van der Waals surface area contributed by atoms with Crippen LogP contribution >= 0.6 is 11.6 Å². The second kappa shape index (κ2) is 9.14. The summed E-state index contributed by atoms with van der Waals surface area (Å²) in [6.45, 7) is 6.54. The molecule has 176 valence electrons. The van der Waals surface area contributed by atoms with Crippen molar-refractivity contribution in [2.45, 2.75) is 32.7 Å². The van der Waals surface area contributed by atoms with Crippen molar-refractivity contribution in [3.05, 3.63) is 81.0 Å². The summed E-state index contributed by atoms with van der Waals surface area (Å²) in [5, 5.41) is 4.46. The highest BCUT2D eigenvalue weighted by molar-refractivity contribution is 6.33. The Morgan fingerprint density at radius 1 is 1.09 bits per heavy atom. The van der Waals surface area contributed by atoms with Crippen molar-refractivity contribution in [2.24, 2.45) is 0 Å². The lowest BCUT2D eigenvalue weighted by Gasteiger charge is -2.35. The number of hydrogen-bond donors (Lipinski definition) is 0. The molecule has 3 heterocycles. The number of benzene rings is 1. The molecule has 0 N–H and O–H groups in total. The van der Waals surface area contributed by atoms with Crippen LogP contribution in [0.4, 0.5) is 5.69 Å². The summed E-state index contributed by atoms with van der Waals surface area (Å²) in [6.07, 6.45) is 7.71. The van der Waals surface area contributed by atoms with Crippen molar-refractivity contribution in [3.8, 4) is 5.69 Å². The van der Waals surface area contributed by atoms with Crippen LogP contribution in [0.3, 0.4) is 0 Å². The first-order chi connectivity index (χ1) is 16.4. The second-order valence-corrected chi connectivity index (χ2v) is 9.35. The van der Waals surface area contributed by atoms with E-state index in [9.17, 15) is 9.59 Å². The van der Waals surface area contributed by atoms with Crippen LogP contribution in [-0.2, 0) is 4.79 Å². The maximum absolute atomic E-state index is 12.8. The number of carbonyl (C=O) groups excluding carboxylic acids is 1. The zero-order valence-electron chi connectivity index (χ0n) is 19.4. The number of anilines is 1. The molecule has 0 radical (unpaired) electrons. The molecule has 8 heteroatoms. The number of halogens is 1. The minimum atomic E-state index is -0.351. The fourth-order valence-electron chi connectivity index (χ4n) is 4.70. The van der Waals surface area contributed by atoms with Gasteiger partial charge in [-0.25, -0.2) is 0 Å². The summed E-state index contributed by atoms with van der Waals surface area (Å²) in [6, 6.07) is 12.0. The summed E-state index contributed by atoms with van der Waals surface area (Å²) in [4.78, 5) is 29.4. The van der Waals surface area contributed by atoms with Crippen LogP contribution < -0.4 is 10.5 Å². The molecule has 1 aliphatic carbocycles. The van der Waals surface area contributed by atoms with Gasteiger partial charge in [0, 0.05) is 49.7 Å². The SMILES string of the molecule is Cc1cc(C=CC(=O)N2CCN(c3cnn(-c4ccccc4)c(=O)c3Cl)CC2)c(C)n1C1CC1. The number of nitrogens with zero attached hydrogens (tertiary/aromatic N) is 5. The number of rotatable bonds is 5. The quantitative estimate of drug-likeness (QED) is 0.521. The van der Waals surface area contributed by atoms with Gasteiger partial charge in [0.15, 0.2) is 0 Å². The van der Waals surface area contributed by atoms with Gasteiger partial charge in [-0.1, -0.05) is 29.8 Å². The monoisotopic (exact) mass is 477 g/mol. The van der Waals surface area contributed by atoms with Crippen molar-refractivity contribution in [1.82, 2.24) is 19.2 Å². The highest BCUT2D eigenvalue weighted by Gasteiger charge is 2.27. The standard InChI is InChI=1S/C26H28ClN5O2/c1-18-16-20(19(2)31(18)21-9-10-21)8-11-24(33)30-14-12-29(13-15-30)23-17-28-32(26(34)25(23)27)22-6-4-3-5-7-22/h3-8,11,16-17,21H,9-10,12-15H2,1-2H3. The first-order valence-corrected chi connectivity index (χ1v) is 12.1. The lowest BCUT2D eigenvalue weighted by atomic mass is 10.2. The van der Waals surface area contributed by atoms with Gasteiger partial charge >= 0.3 is 0 Å². The molecule has 1 amide bonds. The molecule has 0 unspecified atom stereocenters. The third-order valence-corrected chi connectivity index (χ3v) is 7.03. The fourth-order valence-corrected chi connectivity index (χ4v) is 4.95. The smallest absolute Gasteiger partial charge is 0.292 e. The van der Waals surface area contributed by atoms with E-state index in [4.69, 9.17) is 11.6 Å². The molecule has 3 aromatic rings. The van der Waals surface area contributed by atoms with Crippen LogP contribution in [0.1, 0.15) is 35.8 Å². The molecule has 1 aliphatic heterocycles. The van der Waals surface area contributed by atoms with Crippen LogP contribution in [0.25, 0.3) is 11.8 Å². The minimum absolute atomic E-state index is 0.000378. The zero-order valence-corrected chi connectivity index (χ0v) is 20.2. The summed E-state index contributed by atoms with van der Waals surface area (Å²) >= 11 is 6.45. The van der Waals surface area contributed by atoms with E-state index in [-0.39, 0.29) is 16.5 Å². The lowest BCUT2D eigenvalue weighted by Crippen LogP contribution is -2.48. The Kier molecular flexibility index (Phi) is 6.04. The molecule has 1 aromatic carbocycles. The number of aromatic nitrogens is 3. The number of hydrogen-bond acceptors (Lipinski definition) is 4. The van der Waals surface area contributed by atoms with E-state index >= 15 is 0 Å². The molecule has 2 aliphatic rings. The van der Waals surface area contributed by atoms with Gasteiger partial charge in [0.2, 0.25) is 5.91 Å². The van der Waals surface area contributed by atoms with Gasteiger partial charge in [-0.15, -0.1) is 0 Å². The second-order valence-electron chi connectivity index (χ2n) is 8.97. The van der Waals surface area contributed by atoms with Gasteiger partial charge in [-0.2, -0.15) is 9.78 Å².